The minimum Gasteiger partial charge on any atom is -0.299 e. The van der Waals surface area contributed by atoms with Crippen molar-refractivity contribution in [2.24, 2.45) is 5.92 Å². The predicted octanol–water partition coefficient (Wildman–Crippen LogP) is 1.36. The minimum atomic E-state index is -3.32. The summed E-state index contributed by atoms with van der Waals surface area (Å²) in [5, 5.41) is 0. The van der Waals surface area contributed by atoms with Gasteiger partial charge in [-0.1, -0.05) is 0 Å². The highest BCUT2D eigenvalue weighted by Crippen LogP contribution is 2.24. The van der Waals surface area contributed by atoms with Gasteiger partial charge in [-0.05, 0) is 43.7 Å². The molecule has 0 aliphatic carbocycles. The Hall–Kier alpha value is -2.10. The van der Waals surface area contributed by atoms with Crippen LogP contribution in [0.1, 0.15) is 25.7 Å². The molecule has 150 valence electrons. The minimum absolute atomic E-state index is 0.0963. The average Bonchev–Trinajstić information content (AvgIpc) is 3.26. The molecule has 0 saturated carbocycles. The Kier molecular flexibility index (Phi) is 5.56. The van der Waals surface area contributed by atoms with Crippen molar-refractivity contribution in [1.82, 2.24) is 23.1 Å². The number of piperidine rings is 1. The van der Waals surface area contributed by atoms with E-state index in [1.165, 1.54) is 6.07 Å². The molecule has 2 aliphatic rings. The maximum Gasteiger partial charge on any atom is 0.281 e. The SMILES string of the molecule is O=c1cc(-c2cccnc2)ncn1CC1CCN(S(=O)(=O)N2CCCC2)CC1. The van der Waals surface area contributed by atoms with Crippen LogP contribution in [0, 0.1) is 5.92 Å². The summed E-state index contributed by atoms with van der Waals surface area (Å²) in [6, 6.07) is 5.21. The Morgan fingerprint density at radius 1 is 1.07 bits per heavy atom. The molecule has 0 spiro atoms. The average molecular weight is 404 g/mol. The third kappa shape index (κ3) is 4.01. The van der Waals surface area contributed by atoms with Crippen LogP contribution < -0.4 is 5.56 Å². The van der Waals surface area contributed by atoms with Gasteiger partial charge in [-0.2, -0.15) is 17.0 Å². The molecule has 0 radical (unpaired) electrons. The topological polar surface area (TPSA) is 88.4 Å². The first-order valence-corrected chi connectivity index (χ1v) is 11.2. The van der Waals surface area contributed by atoms with Crippen molar-refractivity contribution in [3.8, 4) is 11.3 Å². The van der Waals surface area contributed by atoms with Crippen molar-refractivity contribution in [3.05, 3.63) is 47.3 Å². The molecule has 0 unspecified atom stereocenters. The van der Waals surface area contributed by atoms with Crippen LogP contribution in [-0.4, -0.2) is 57.7 Å². The highest BCUT2D eigenvalue weighted by molar-refractivity contribution is 7.86. The quantitative estimate of drug-likeness (QED) is 0.752. The molecule has 2 aliphatic heterocycles. The summed E-state index contributed by atoms with van der Waals surface area (Å²) in [6.45, 7) is 2.86. The maximum atomic E-state index is 12.7. The summed E-state index contributed by atoms with van der Waals surface area (Å²) >= 11 is 0. The smallest absolute Gasteiger partial charge is 0.281 e. The molecule has 2 saturated heterocycles. The summed E-state index contributed by atoms with van der Waals surface area (Å²) in [4.78, 5) is 20.9. The van der Waals surface area contributed by atoms with Crippen LogP contribution in [0.4, 0.5) is 0 Å². The first kappa shape index (κ1) is 19.2. The maximum absolute atomic E-state index is 12.7. The Labute approximate surface area is 165 Å². The van der Waals surface area contributed by atoms with Crippen LogP contribution in [0.25, 0.3) is 11.3 Å². The summed E-state index contributed by atoms with van der Waals surface area (Å²) < 4.78 is 30.1. The molecule has 0 aromatic carbocycles. The number of rotatable bonds is 5. The Morgan fingerprint density at radius 2 is 1.79 bits per heavy atom. The van der Waals surface area contributed by atoms with Crippen LogP contribution >= 0.6 is 0 Å². The Morgan fingerprint density at radius 3 is 2.43 bits per heavy atom. The van der Waals surface area contributed by atoms with E-state index in [0.717, 1.165) is 31.2 Å². The fourth-order valence-corrected chi connectivity index (χ4v) is 5.64. The van der Waals surface area contributed by atoms with Crippen LogP contribution in [0.2, 0.25) is 0 Å². The molecule has 2 aromatic heterocycles. The molecule has 8 nitrogen and oxygen atoms in total. The lowest BCUT2D eigenvalue weighted by molar-refractivity contribution is 0.239. The van der Waals surface area contributed by atoms with Crippen LogP contribution in [-0.2, 0) is 16.8 Å². The van der Waals surface area contributed by atoms with E-state index in [-0.39, 0.29) is 11.5 Å². The lowest BCUT2D eigenvalue weighted by atomic mass is 9.98. The summed E-state index contributed by atoms with van der Waals surface area (Å²) in [6.07, 6.45) is 8.34. The van der Waals surface area contributed by atoms with E-state index in [1.807, 2.05) is 12.1 Å². The van der Waals surface area contributed by atoms with Crippen LogP contribution in [0.3, 0.4) is 0 Å². The molecular weight excluding hydrogens is 378 g/mol. The van der Waals surface area contributed by atoms with E-state index in [4.69, 9.17) is 0 Å². The van der Waals surface area contributed by atoms with E-state index in [2.05, 4.69) is 9.97 Å². The predicted molar refractivity (Wildman–Crippen MR) is 106 cm³/mol. The standard InChI is InChI=1S/C19H25N5O3S/c25-19-12-18(17-4-3-7-20-13-17)21-15-22(19)14-16-5-10-24(11-6-16)28(26,27)23-8-1-2-9-23/h3-4,7,12-13,15-16H,1-2,5-6,8-11,14H2. The molecule has 2 fully saturated rings. The summed E-state index contributed by atoms with van der Waals surface area (Å²) in [7, 11) is -3.32. The normalized spacial score (nSPS) is 19.9. The second-order valence-electron chi connectivity index (χ2n) is 7.46. The number of pyridine rings is 1. The molecule has 2 aromatic rings. The highest BCUT2D eigenvalue weighted by atomic mass is 32.2. The van der Waals surface area contributed by atoms with Crippen molar-refractivity contribution < 1.29 is 8.42 Å². The van der Waals surface area contributed by atoms with Gasteiger partial charge in [0.1, 0.15) is 0 Å². The zero-order valence-corrected chi connectivity index (χ0v) is 16.6. The van der Waals surface area contributed by atoms with Crippen LogP contribution in [0.15, 0.2) is 41.7 Å². The van der Waals surface area contributed by atoms with E-state index >= 15 is 0 Å². The molecule has 9 heteroatoms. The Balaban J connectivity index is 1.38. The van der Waals surface area contributed by atoms with E-state index in [1.54, 1.807) is 31.9 Å². The first-order chi connectivity index (χ1) is 13.5. The van der Waals surface area contributed by atoms with Crippen LogP contribution in [0.5, 0.6) is 0 Å². The van der Waals surface area contributed by atoms with Gasteiger partial charge in [0.05, 0.1) is 12.0 Å². The number of nitrogens with zero attached hydrogens (tertiary/aromatic N) is 5. The van der Waals surface area contributed by atoms with E-state index < -0.39 is 10.2 Å². The lowest BCUT2D eigenvalue weighted by Crippen LogP contribution is -2.46. The van der Waals surface area contributed by atoms with Crippen molar-refractivity contribution in [3.63, 3.8) is 0 Å². The van der Waals surface area contributed by atoms with Gasteiger partial charge in [-0.25, -0.2) is 4.98 Å². The van der Waals surface area contributed by atoms with Gasteiger partial charge in [-0.15, -0.1) is 0 Å². The van der Waals surface area contributed by atoms with Gasteiger partial charge in [0.2, 0.25) is 0 Å². The lowest BCUT2D eigenvalue weighted by Gasteiger charge is -2.33. The summed E-state index contributed by atoms with van der Waals surface area (Å²) in [5.41, 5.74) is 1.33. The Bertz CT molecular complexity index is 963. The van der Waals surface area contributed by atoms with Gasteiger partial charge >= 0.3 is 0 Å². The third-order valence-electron chi connectivity index (χ3n) is 5.58. The zero-order chi connectivity index (χ0) is 19.6. The zero-order valence-electron chi connectivity index (χ0n) is 15.8. The van der Waals surface area contributed by atoms with Crippen molar-refractivity contribution in [2.75, 3.05) is 26.2 Å². The van der Waals surface area contributed by atoms with E-state index in [9.17, 15) is 13.2 Å². The summed E-state index contributed by atoms with van der Waals surface area (Å²) in [5.74, 6) is 0.272. The molecule has 28 heavy (non-hydrogen) atoms. The molecule has 0 amide bonds. The van der Waals surface area contributed by atoms with Crippen molar-refractivity contribution in [1.29, 1.82) is 0 Å². The highest BCUT2D eigenvalue weighted by Gasteiger charge is 2.34. The van der Waals surface area contributed by atoms with Crippen molar-refractivity contribution >= 4 is 10.2 Å². The van der Waals surface area contributed by atoms with E-state index in [0.29, 0.717) is 38.4 Å². The largest absolute Gasteiger partial charge is 0.299 e. The number of aromatic nitrogens is 3. The van der Waals surface area contributed by atoms with Gasteiger partial charge < -0.3 is 0 Å². The number of hydrogen-bond donors (Lipinski definition) is 0. The van der Waals surface area contributed by atoms with Gasteiger partial charge in [0.25, 0.3) is 15.8 Å². The van der Waals surface area contributed by atoms with Gasteiger partial charge in [-0.3, -0.25) is 14.3 Å². The molecule has 0 bridgehead atoms. The molecule has 0 N–H and O–H groups in total. The van der Waals surface area contributed by atoms with Gasteiger partial charge in [0.15, 0.2) is 0 Å². The first-order valence-electron chi connectivity index (χ1n) is 9.76. The molecule has 4 heterocycles. The molecule has 4 rings (SSSR count). The van der Waals surface area contributed by atoms with Gasteiger partial charge in [0, 0.05) is 56.7 Å². The monoisotopic (exact) mass is 403 g/mol. The van der Waals surface area contributed by atoms with Crippen molar-refractivity contribution in [2.45, 2.75) is 32.2 Å². The second kappa shape index (κ2) is 8.10. The fourth-order valence-electron chi connectivity index (χ4n) is 3.92. The number of hydrogen-bond acceptors (Lipinski definition) is 5. The third-order valence-corrected chi connectivity index (χ3v) is 7.62. The second-order valence-corrected chi connectivity index (χ2v) is 9.39. The molecular formula is C19H25N5O3S. The molecule has 0 atom stereocenters. The fraction of sp³-hybridized carbons (Fsp3) is 0.526.